The van der Waals surface area contributed by atoms with Gasteiger partial charge in [0.25, 0.3) is 0 Å². The van der Waals surface area contributed by atoms with Crippen molar-refractivity contribution < 1.29 is 9.47 Å². The van der Waals surface area contributed by atoms with Gasteiger partial charge in [-0.15, -0.1) is 0 Å². The van der Waals surface area contributed by atoms with Crippen molar-refractivity contribution in [3.8, 4) is 17.4 Å². The summed E-state index contributed by atoms with van der Waals surface area (Å²) in [5.74, 6) is 1.67. The van der Waals surface area contributed by atoms with E-state index >= 15 is 0 Å². The maximum absolute atomic E-state index is 5.88. The van der Waals surface area contributed by atoms with E-state index in [9.17, 15) is 0 Å². The van der Waals surface area contributed by atoms with Crippen LogP contribution in [-0.2, 0) is 0 Å². The van der Waals surface area contributed by atoms with E-state index in [2.05, 4.69) is 11.9 Å². The van der Waals surface area contributed by atoms with E-state index in [4.69, 9.17) is 27.4 Å². The number of ether oxygens (including phenoxy) is 2. The highest BCUT2D eigenvalue weighted by atomic mass is 32.1. The molecule has 1 aromatic heterocycles. The lowest BCUT2D eigenvalue weighted by Gasteiger charge is -2.14. The van der Waals surface area contributed by atoms with Crippen LogP contribution < -0.4 is 15.2 Å². The first-order chi connectivity index (χ1) is 10.1. The van der Waals surface area contributed by atoms with Gasteiger partial charge in [0.15, 0.2) is 11.5 Å². The molecule has 0 aliphatic rings. The zero-order valence-corrected chi connectivity index (χ0v) is 12.9. The second-order valence-electron chi connectivity index (χ2n) is 4.57. The van der Waals surface area contributed by atoms with E-state index in [-0.39, 0.29) is 4.99 Å². The van der Waals surface area contributed by atoms with Gasteiger partial charge in [0.05, 0.1) is 12.2 Å². The summed E-state index contributed by atoms with van der Waals surface area (Å²) in [7, 11) is 0. The van der Waals surface area contributed by atoms with Crippen LogP contribution in [0.25, 0.3) is 0 Å². The highest BCUT2D eigenvalue weighted by molar-refractivity contribution is 7.80. The fourth-order valence-corrected chi connectivity index (χ4v) is 2.13. The number of nitrogens with two attached hydrogens (primary N) is 1. The van der Waals surface area contributed by atoms with Crippen molar-refractivity contribution >= 4 is 17.2 Å². The number of thiocarbonyl (C=S) groups is 1. The molecule has 0 fully saturated rings. The molecule has 1 aromatic carbocycles. The lowest BCUT2D eigenvalue weighted by molar-refractivity contribution is 0.300. The van der Waals surface area contributed by atoms with Crippen LogP contribution in [0.5, 0.6) is 17.4 Å². The van der Waals surface area contributed by atoms with Crippen LogP contribution in [0.2, 0.25) is 0 Å². The molecule has 110 valence electrons. The molecule has 5 heteroatoms. The average molecular weight is 302 g/mol. The molecule has 0 saturated heterocycles. The van der Waals surface area contributed by atoms with Crippen molar-refractivity contribution in [2.45, 2.75) is 20.3 Å². The molecule has 2 rings (SSSR count). The third-order valence-corrected chi connectivity index (χ3v) is 3.09. The maximum atomic E-state index is 5.88. The normalized spacial score (nSPS) is 10.2. The zero-order chi connectivity index (χ0) is 15.2. The molecule has 0 radical (unpaired) electrons. The molecule has 4 nitrogen and oxygen atoms in total. The summed E-state index contributed by atoms with van der Waals surface area (Å²) in [6.07, 6.45) is 2.59. The highest BCUT2D eigenvalue weighted by Crippen LogP contribution is 2.32. The molecule has 0 atom stereocenters. The SMILES string of the molecule is CCCOc1ccccc1Oc1nccc(C)c1C(N)=S. The van der Waals surface area contributed by atoms with Crippen LogP contribution in [0, 0.1) is 6.92 Å². The minimum absolute atomic E-state index is 0.266. The zero-order valence-electron chi connectivity index (χ0n) is 12.1. The van der Waals surface area contributed by atoms with Crippen LogP contribution in [0.15, 0.2) is 36.5 Å². The van der Waals surface area contributed by atoms with Gasteiger partial charge in [-0.3, -0.25) is 0 Å². The Morgan fingerprint density at radius 3 is 2.62 bits per heavy atom. The number of aryl methyl sites for hydroxylation is 1. The van der Waals surface area contributed by atoms with Crippen LogP contribution in [0.3, 0.4) is 0 Å². The fourth-order valence-electron chi connectivity index (χ4n) is 1.88. The van der Waals surface area contributed by atoms with Crippen LogP contribution in [0.1, 0.15) is 24.5 Å². The Balaban J connectivity index is 2.35. The Bertz CT molecular complexity index is 644. The average Bonchev–Trinajstić information content (AvgIpc) is 2.46. The molecule has 0 bridgehead atoms. The Morgan fingerprint density at radius 1 is 1.24 bits per heavy atom. The predicted molar refractivity (Wildman–Crippen MR) is 87.2 cm³/mol. The first-order valence-corrected chi connectivity index (χ1v) is 7.19. The Morgan fingerprint density at radius 2 is 1.95 bits per heavy atom. The minimum Gasteiger partial charge on any atom is -0.490 e. The third-order valence-electron chi connectivity index (χ3n) is 2.89. The highest BCUT2D eigenvalue weighted by Gasteiger charge is 2.14. The van der Waals surface area contributed by atoms with Crippen LogP contribution in [0.4, 0.5) is 0 Å². The molecule has 0 unspecified atom stereocenters. The summed E-state index contributed by atoms with van der Waals surface area (Å²) in [5.41, 5.74) is 7.35. The number of pyridine rings is 1. The van der Waals surface area contributed by atoms with Gasteiger partial charge in [-0.05, 0) is 37.1 Å². The molecule has 2 aromatic rings. The van der Waals surface area contributed by atoms with Gasteiger partial charge in [-0.2, -0.15) is 0 Å². The second-order valence-corrected chi connectivity index (χ2v) is 5.01. The van der Waals surface area contributed by atoms with Crippen molar-refractivity contribution in [2.75, 3.05) is 6.61 Å². The largest absolute Gasteiger partial charge is 0.490 e. The maximum Gasteiger partial charge on any atom is 0.229 e. The molecule has 0 spiro atoms. The van der Waals surface area contributed by atoms with Gasteiger partial charge in [0, 0.05) is 6.20 Å². The van der Waals surface area contributed by atoms with Gasteiger partial charge in [-0.25, -0.2) is 4.98 Å². The number of para-hydroxylation sites is 2. The van der Waals surface area contributed by atoms with Crippen molar-refractivity contribution in [3.63, 3.8) is 0 Å². The lowest BCUT2D eigenvalue weighted by atomic mass is 10.1. The molecule has 21 heavy (non-hydrogen) atoms. The molecule has 0 aliphatic heterocycles. The molecular weight excluding hydrogens is 284 g/mol. The minimum atomic E-state index is 0.266. The molecule has 1 heterocycles. The van der Waals surface area contributed by atoms with Crippen molar-refractivity contribution in [1.82, 2.24) is 4.98 Å². The number of aromatic nitrogens is 1. The summed E-state index contributed by atoms with van der Waals surface area (Å²) in [4.78, 5) is 4.50. The van der Waals surface area contributed by atoms with Crippen molar-refractivity contribution in [2.24, 2.45) is 5.73 Å². The molecular formula is C16H18N2O2S. The molecule has 0 amide bonds. The first kappa shape index (κ1) is 15.3. The summed E-state index contributed by atoms with van der Waals surface area (Å²) < 4.78 is 11.5. The molecule has 0 saturated carbocycles. The van der Waals surface area contributed by atoms with E-state index in [0.717, 1.165) is 12.0 Å². The monoisotopic (exact) mass is 302 g/mol. The number of hydrogen-bond acceptors (Lipinski definition) is 4. The Labute approximate surface area is 129 Å². The van der Waals surface area contributed by atoms with Gasteiger partial charge >= 0.3 is 0 Å². The van der Waals surface area contributed by atoms with Gasteiger partial charge in [-0.1, -0.05) is 31.3 Å². The summed E-state index contributed by atoms with van der Waals surface area (Å²) in [6, 6.07) is 9.32. The second kappa shape index (κ2) is 7.04. The van der Waals surface area contributed by atoms with Gasteiger partial charge in [0.2, 0.25) is 5.88 Å². The topological polar surface area (TPSA) is 57.4 Å². The van der Waals surface area contributed by atoms with Crippen LogP contribution >= 0.6 is 12.2 Å². The first-order valence-electron chi connectivity index (χ1n) is 6.78. The van der Waals surface area contributed by atoms with Crippen molar-refractivity contribution in [3.05, 3.63) is 47.7 Å². The summed E-state index contributed by atoms with van der Waals surface area (Å²) in [5, 5.41) is 0. The number of hydrogen-bond donors (Lipinski definition) is 1. The Kier molecular flexibility index (Phi) is 5.11. The summed E-state index contributed by atoms with van der Waals surface area (Å²) >= 11 is 5.08. The fraction of sp³-hybridized carbons (Fsp3) is 0.250. The number of nitrogens with zero attached hydrogens (tertiary/aromatic N) is 1. The molecule has 0 aliphatic carbocycles. The quantitative estimate of drug-likeness (QED) is 0.826. The molecule has 2 N–H and O–H groups in total. The van der Waals surface area contributed by atoms with E-state index in [1.165, 1.54) is 0 Å². The van der Waals surface area contributed by atoms with E-state index in [1.807, 2.05) is 37.3 Å². The van der Waals surface area contributed by atoms with Crippen molar-refractivity contribution in [1.29, 1.82) is 0 Å². The van der Waals surface area contributed by atoms with E-state index in [0.29, 0.717) is 29.5 Å². The standard InChI is InChI=1S/C16H18N2O2S/c1-3-10-19-12-6-4-5-7-13(12)20-16-14(15(17)21)11(2)8-9-18-16/h4-9H,3,10H2,1-2H3,(H2,17,21). The predicted octanol–water partition coefficient (Wildman–Crippen LogP) is 3.61. The van der Waals surface area contributed by atoms with E-state index in [1.54, 1.807) is 6.20 Å². The number of benzene rings is 1. The van der Waals surface area contributed by atoms with E-state index < -0.39 is 0 Å². The third kappa shape index (κ3) is 3.70. The van der Waals surface area contributed by atoms with Gasteiger partial charge in [0.1, 0.15) is 4.99 Å². The Hall–Kier alpha value is -2.14. The smallest absolute Gasteiger partial charge is 0.229 e. The summed E-state index contributed by atoms with van der Waals surface area (Å²) in [6.45, 7) is 4.60. The number of rotatable bonds is 6. The lowest BCUT2D eigenvalue weighted by Crippen LogP contribution is -2.13. The van der Waals surface area contributed by atoms with Gasteiger partial charge < -0.3 is 15.2 Å². The van der Waals surface area contributed by atoms with Crippen LogP contribution in [-0.4, -0.2) is 16.6 Å².